The van der Waals surface area contributed by atoms with Crippen LogP contribution in [0, 0.1) is 6.92 Å². The molecule has 0 unspecified atom stereocenters. The number of rotatable bonds is 4. The van der Waals surface area contributed by atoms with E-state index in [0.29, 0.717) is 21.9 Å². The fraction of sp³-hybridized carbons (Fsp3) is 0.167. The van der Waals surface area contributed by atoms with Crippen molar-refractivity contribution in [3.8, 4) is 0 Å². The number of anilines is 1. The SMILES string of the molecule is Cc1c(C(=O)Nc2ccc(S(=O)(=O)N(C)C)cc2)oc2c(Cl)cccc12. The number of amides is 1. The van der Waals surface area contributed by atoms with Gasteiger partial charge in [-0.25, -0.2) is 12.7 Å². The number of nitrogens with one attached hydrogen (secondary N) is 1. The minimum absolute atomic E-state index is 0.146. The Balaban J connectivity index is 1.87. The number of aryl methyl sites for hydroxylation is 1. The predicted molar refractivity (Wildman–Crippen MR) is 101 cm³/mol. The minimum Gasteiger partial charge on any atom is -0.449 e. The Kier molecular flexibility index (Phi) is 4.79. The standard InChI is InChI=1S/C18H17ClN2O4S/c1-11-14-5-4-6-15(19)17(14)25-16(11)18(22)20-12-7-9-13(10-8-12)26(23,24)21(2)3/h4-10H,1-3H3,(H,20,22). The lowest BCUT2D eigenvalue weighted by Crippen LogP contribution is -2.22. The summed E-state index contributed by atoms with van der Waals surface area (Å²) in [5, 5.41) is 3.91. The Labute approximate surface area is 156 Å². The summed E-state index contributed by atoms with van der Waals surface area (Å²) >= 11 is 6.11. The van der Waals surface area contributed by atoms with E-state index in [1.54, 1.807) is 19.1 Å². The van der Waals surface area contributed by atoms with Gasteiger partial charge in [0.1, 0.15) is 0 Å². The summed E-state index contributed by atoms with van der Waals surface area (Å²) in [4.78, 5) is 12.7. The first-order valence-corrected chi connectivity index (χ1v) is 9.55. The largest absolute Gasteiger partial charge is 0.449 e. The lowest BCUT2D eigenvalue weighted by Gasteiger charge is -2.11. The molecule has 1 heterocycles. The van der Waals surface area contributed by atoms with Gasteiger partial charge in [-0.2, -0.15) is 0 Å². The molecule has 0 fully saturated rings. The first-order valence-electron chi connectivity index (χ1n) is 7.73. The van der Waals surface area contributed by atoms with E-state index in [4.69, 9.17) is 16.0 Å². The van der Waals surface area contributed by atoms with Crippen molar-refractivity contribution >= 4 is 44.2 Å². The summed E-state index contributed by atoms with van der Waals surface area (Å²) in [6, 6.07) is 11.2. The Hall–Kier alpha value is -2.35. The van der Waals surface area contributed by atoms with Gasteiger partial charge in [-0.15, -0.1) is 0 Å². The predicted octanol–water partition coefficient (Wildman–Crippen LogP) is 3.90. The van der Waals surface area contributed by atoms with Gasteiger partial charge in [-0.1, -0.05) is 23.7 Å². The van der Waals surface area contributed by atoms with Crippen LogP contribution in [0.5, 0.6) is 0 Å². The van der Waals surface area contributed by atoms with Gasteiger partial charge in [0.25, 0.3) is 5.91 Å². The number of sulfonamides is 1. The molecule has 136 valence electrons. The molecule has 2 aromatic carbocycles. The normalized spacial score (nSPS) is 11.9. The highest BCUT2D eigenvalue weighted by atomic mass is 35.5. The third-order valence-corrected chi connectivity index (χ3v) is 6.14. The van der Waals surface area contributed by atoms with Crippen LogP contribution in [0.15, 0.2) is 51.8 Å². The molecule has 6 nitrogen and oxygen atoms in total. The topological polar surface area (TPSA) is 79.6 Å². The van der Waals surface area contributed by atoms with Gasteiger partial charge in [0.2, 0.25) is 10.0 Å². The first-order chi connectivity index (χ1) is 12.2. The van der Waals surface area contributed by atoms with E-state index in [9.17, 15) is 13.2 Å². The van der Waals surface area contributed by atoms with E-state index in [1.165, 1.54) is 38.4 Å². The van der Waals surface area contributed by atoms with E-state index < -0.39 is 15.9 Å². The van der Waals surface area contributed by atoms with Crippen LogP contribution in [0.1, 0.15) is 16.1 Å². The molecule has 0 atom stereocenters. The van der Waals surface area contributed by atoms with Crippen molar-refractivity contribution in [2.45, 2.75) is 11.8 Å². The lowest BCUT2D eigenvalue weighted by atomic mass is 10.1. The maximum absolute atomic E-state index is 12.5. The number of furan rings is 1. The van der Waals surface area contributed by atoms with Crippen molar-refractivity contribution in [2.24, 2.45) is 0 Å². The second kappa shape index (κ2) is 6.75. The Morgan fingerprint density at radius 2 is 1.77 bits per heavy atom. The maximum atomic E-state index is 12.5. The quantitative estimate of drug-likeness (QED) is 0.730. The third kappa shape index (κ3) is 3.21. The fourth-order valence-corrected chi connectivity index (χ4v) is 3.65. The van der Waals surface area contributed by atoms with Crippen LogP contribution in [0.4, 0.5) is 5.69 Å². The van der Waals surface area contributed by atoms with E-state index in [-0.39, 0.29) is 10.7 Å². The molecular weight excluding hydrogens is 376 g/mol. The average molecular weight is 393 g/mol. The number of carbonyl (C=O) groups is 1. The van der Waals surface area contributed by atoms with E-state index in [2.05, 4.69) is 5.32 Å². The van der Waals surface area contributed by atoms with Gasteiger partial charge in [0.05, 0.1) is 9.92 Å². The van der Waals surface area contributed by atoms with Crippen LogP contribution in [-0.2, 0) is 10.0 Å². The number of para-hydroxylation sites is 1. The first kappa shape index (κ1) is 18.4. The number of hydrogen-bond donors (Lipinski definition) is 1. The van der Waals surface area contributed by atoms with Crippen molar-refractivity contribution in [3.05, 3.63) is 58.8 Å². The van der Waals surface area contributed by atoms with Crippen LogP contribution < -0.4 is 5.32 Å². The van der Waals surface area contributed by atoms with Crippen molar-refractivity contribution in [1.29, 1.82) is 0 Å². The van der Waals surface area contributed by atoms with Crippen LogP contribution >= 0.6 is 11.6 Å². The molecule has 8 heteroatoms. The van der Waals surface area contributed by atoms with Crippen LogP contribution in [-0.4, -0.2) is 32.7 Å². The number of fused-ring (bicyclic) bond motifs is 1. The molecule has 0 radical (unpaired) electrons. The molecule has 26 heavy (non-hydrogen) atoms. The highest BCUT2D eigenvalue weighted by Gasteiger charge is 2.20. The lowest BCUT2D eigenvalue weighted by molar-refractivity contribution is 0.0998. The van der Waals surface area contributed by atoms with E-state index >= 15 is 0 Å². The molecule has 0 saturated heterocycles. The highest BCUT2D eigenvalue weighted by molar-refractivity contribution is 7.89. The molecule has 1 N–H and O–H groups in total. The van der Waals surface area contributed by atoms with Crippen molar-refractivity contribution in [1.82, 2.24) is 4.31 Å². The summed E-state index contributed by atoms with van der Waals surface area (Å²) in [5.41, 5.74) is 1.61. The molecule has 1 amide bonds. The molecule has 0 saturated carbocycles. The summed E-state index contributed by atoms with van der Waals surface area (Å²) in [6.07, 6.45) is 0. The zero-order chi connectivity index (χ0) is 19.1. The molecule has 3 rings (SSSR count). The van der Waals surface area contributed by atoms with Gasteiger partial charge in [-0.3, -0.25) is 4.79 Å². The van der Waals surface area contributed by atoms with Gasteiger partial charge >= 0.3 is 0 Å². The Bertz CT molecular complexity index is 1090. The highest BCUT2D eigenvalue weighted by Crippen LogP contribution is 2.31. The van der Waals surface area contributed by atoms with Gasteiger partial charge in [0, 0.05) is 30.7 Å². The average Bonchev–Trinajstić information content (AvgIpc) is 2.94. The molecule has 0 bridgehead atoms. The number of nitrogens with zero attached hydrogens (tertiary/aromatic N) is 1. The number of benzene rings is 2. The zero-order valence-electron chi connectivity index (χ0n) is 14.4. The summed E-state index contributed by atoms with van der Waals surface area (Å²) in [6.45, 7) is 1.78. The van der Waals surface area contributed by atoms with Crippen molar-refractivity contribution in [2.75, 3.05) is 19.4 Å². The monoisotopic (exact) mass is 392 g/mol. The number of halogens is 1. The summed E-state index contributed by atoms with van der Waals surface area (Å²) in [5.74, 6) is -0.268. The van der Waals surface area contributed by atoms with Crippen LogP contribution in [0.3, 0.4) is 0 Å². The molecule has 0 spiro atoms. The molecule has 1 aromatic heterocycles. The van der Waals surface area contributed by atoms with E-state index in [0.717, 1.165) is 9.69 Å². The molecule has 3 aromatic rings. The maximum Gasteiger partial charge on any atom is 0.291 e. The summed E-state index contributed by atoms with van der Waals surface area (Å²) < 4.78 is 30.9. The van der Waals surface area contributed by atoms with Gasteiger partial charge < -0.3 is 9.73 Å². The second-order valence-corrected chi connectivity index (χ2v) is 8.50. The third-order valence-electron chi connectivity index (χ3n) is 4.01. The molecule has 0 aliphatic carbocycles. The van der Waals surface area contributed by atoms with E-state index in [1.807, 2.05) is 6.07 Å². The molecule has 0 aliphatic rings. The van der Waals surface area contributed by atoms with Crippen molar-refractivity contribution < 1.29 is 17.6 Å². The minimum atomic E-state index is -3.52. The summed E-state index contributed by atoms with van der Waals surface area (Å²) in [7, 11) is -0.598. The number of carbonyl (C=O) groups excluding carboxylic acids is 1. The van der Waals surface area contributed by atoms with Crippen LogP contribution in [0.25, 0.3) is 11.0 Å². The Morgan fingerprint density at radius 1 is 1.12 bits per heavy atom. The fourth-order valence-electron chi connectivity index (χ4n) is 2.53. The smallest absolute Gasteiger partial charge is 0.291 e. The zero-order valence-corrected chi connectivity index (χ0v) is 16.0. The van der Waals surface area contributed by atoms with Crippen LogP contribution in [0.2, 0.25) is 5.02 Å². The van der Waals surface area contributed by atoms with Gasteiger partial charge in [-0.05, 0) is 37.3 Å². The molecule has 0 aliphatic heterocycles. The van der Waals surface area contributed by atoms with Gasteiger partial charge in [0.15, 0.2) is 11.3 Å². The molecular formula is C18H17ClN2O4S. The number of hydrogen-bond acceptors (Lipinski definition) is 4. The Morgan fingerprint density at radius 3 is 2.35 bits per heavy atom. The van der Waals surface area contributed by atoms with Crippen molar-refractivity contribution in [3.63, 3.8) is 0 Å². The second-order valence-electron chi connectivity index (χ2n) is 5.94.